The molecule has 0 radical (unpaired) electrons. The summed E-state index contributed by atoms with van der Waals surface area (Å²) in [5.74, 6) is 3.60. The number of fused-ring (bicyclic) bond motifs is 5. The molecule has 2 heteroatoms. The molecule has 0 aromatic heterocycles. The van der Waals surface area contributed by atoms with Crippen LogP contribution in [-0.2, 0) is 9.47 Å². The molecule has 2 nitrogen and oxygen atoms in total. The summed E-state index contributed by atoms with van der Waals surface area (Å²) in [5.41, 5.74) is 1.12. The zero-order valence-corrected chi connectivity index (χ0v) is 15.1. The van der Waals surface area contributed by atoms with Gasteiger partial charge in [0.25, 0.3) is 0 Å². The molecule has 0 amide bonds. The molecule has 1 saturated heterocycles. The highest BCUT2D eigenvalue weighted by molar-refractivity contribution is 5.10. The quantitative estimate of drug-likeness (QED) is 0.614. The number of rotatable bonds is 0. The van der Waals surface area contributed by atoms with E-state index in [9.17, 15) is 0 Å². The van der Waals surface area contributed by atoms with Crippen LogP contribution in [0.1, 0.15) is 78.1 Å². The Hall–Kier alpha value is -0.0800. The highest BCUT2D eigenvalue weighted by atomic mass is 16.7. The third-order valence-corrected chi connectivity index (χ3v) is 9.12. The van der Waals surface area contributed by atoms with Crippen LogP contribution in [0.25, 0.3) is 0 Å². The van der Waals surface area contributed by atoms with Crippen LogP contribution in [0.5, 0.6) is 0 Å². The third-order valence-electron chi connectivity index (χ3n) is 9.12. The van der Waals surface area contributed by atoms with Crippen molar-refractivity contribution in [3.05, 3.63) is 0 Å². The molecule has 1 aliphatic heterocycles. The van der Waals surface area contributed by atoms with Gasteiger partial charge in [0, 0.05) is 12.8 Å². The maximum absolute atomic E-state index is 6.15. The third kappa shape index (κ3) is 2.06. The summed E-state index contributed by atoms with van der Waals surface area (Å²) in [6.07, 6.45) is 14.2. The minimum Gasteiger partial charge on any atom is -0.348 e. The van der Waals surface area contributed by atoms with Crippen molar-refractivity contribution >= 4 is 0 Å². The Morgan fingerprint density at radius 3 is 2.48 bits per heavy atom. The Morgan fingerprint density at radius 1 is 0.826 bits per heavy atom. The average molecular weight is 319 g/mol. The van der Waals surface area contributed by atoms with Gasteiger partial charge in [0.05, 0.1) is 13.2 Å². The Balaban J connectivity index is 1.45. The summed E-state index contributed by atoms with van der Waals surface area (Å²) in [6, 6.07) is 0. The van der Waals surface area contributed by atoms with Crippen molar-refractivity contribution in [3.8, 4) is 0 Å². The molecule has 0 aromatic carbocycles. The normalized spacial score (nSPS) is 54.5. The summed E-state index contributed by atoms with van der Waals surface area (Å²) in [7, 11) is 0. The van der Waals surface area contributed by atoms with Crippen LogP contribution in [-0.4, -0.2) is 19.0 Å². The van der Waals surface area contributed by atoms with E-state index >= 15 is 0 Å². The van der Waals surface area contributed by atoms with Crippen molar-refractivity contribution in [2.75, 3.05) is 13.2 Å². The number of ether oxygens (including phenoxy) is 2. The maximum atomic E-state index is 6.15. The molecular formula is C21H34O2. The molecule has 1 heterocycles. The van der Waals surface area contributed by atoms with E-state index in [0.717, 1.165) is 43.3 Å². The molecule has 0 N–H and O–H groups in total. The minimum absolute atomic E-state index is 0.196. The lowest BCUT2D eigenvalue weighted by Gasteiger charge is -2.59. The van der Waals surface area contributed by atoms with Gasteiger partial charge in [-0.15, -0.1) is 0 Å². The first kappa shape index (κ1) is 15.2. The van der Waals surface area contributed by atoms with E-state index in [-0.39, 0.29) is 5.79 Å². The van der Waals surface area contributed by atoms with Crippen molar-refractivity contribution in [1.82, 2.24) is 0 Å². The zero-order valence-electron chi connectivity index (χ0n) is 15.1. The molecule has 4 saturated carbocycles. The summed E-state index contributed by atoms with van der Waals surface area (Å²) in [5, 5.41) is 0. The van der Waals surface area contributed by atoms with Crippen LogP contribution in [0.4, 0.5) is 0 Å². The van der Waals surface area contributed by atoms with Crippen molar-refractivity contribution < 1.29 is 9.47 Å². The second kappa shape index (κ2) is 4.97. The van der Waals surface area contributed by atoms with Crippen molar-refractivity contribution in [1.29, 1.82) is 0 Å². The van der Waals surface area contributed by atoms with Crippen molar-refractivity contribution in [2.24, 2.45) is 34.5 Å². The van der Waals surface area contributed by atoms with E-state index in [2.05, 4.69) is 13.8 Å². The van der Waals surface area contributed by atoms with E-state index in [1.165, 1.54) is 57.8 Å². The van der Waals surface area contributed by atoms with E-state index < -0.39 is 0 Å². The fraction of sp³-hybridized carbons (Fsp3) is 1.00. The lowest BCUT2D eigenvalue weighted by molar-refractivity contribution is -0.157. The first-order chi connectivity index (χ1) is 11.0. The molecule has 23 heavy (non-hydrogen) atoms. The molecule has 5 aliphatic rings. The molecule has 130 valence electrons. The number of hydrogen-bond donors (Lipinski definition) is 0. The van der Waals surface area contributed by atoms with Gasteiger partial charge in [-0.25, -0.2) is 0 Å². The first-order valence-electron chi connectivity index (χ1n) is 10.3. The summed E-state index contributed by atoms with van der Waals surface area (Å²) in [6.45, 7) is 6.86. The molecule has 5 unspecified atom stereocenters. The Bertz CT molecular complexity index is 482. The van der Waals surface area contributed by atoms with Gasteiger partial charge in [-0.3, -0.25) is 0 Å². The van der Waals surface area contributed by atoms with Gasteiger partial charge in [-0.05, 0) is 73.0 Å². The largest absolute Gasteiger partial charge is 0.348 e. The second-order valence-corrected chi connectivity index (χ2v) is 10.1. The predicted molar refractivity (Wildman–Crippen MR) is 91.0 cm³/mol. The van der Waals surface area contributed by atoms with Gasteiger partial charge in [0.2, 0.25) is 0 Å². The van der Waals surface area contributed by atoms with Gasteiger partial charge in [0.15, 0.2) is 5.79 Å². The maximum Gasteiger partial charge on any atom is 0.169 e. The highest BCUT2D eigenvalue weighted by Gasteiger charge is 2.63. The topological polar surface area (TPSA) is 18.5 Å². The Kier molecular flexibility index (Phi) is 3.29. The fourth-order valence-electron chi connectivity index (χ4n) is 8.05. The standard InChI is InChI=1S/C21H34O2/c1-19-10-8-17-16(7-6-15-5-3-4-9-20(15,17)2)18(19)13-21(14-19)22-11-12-23-21/h15-18H,3-14H2,1-2H3/t15-,16?,17?,18?,19?,20?/m1/s1. The van der Waals surface area contributed by atoms with Gasteiger partial charge >= 0.3 is 0 Å². The predicted octanol–water partition coefficient (Wildman–Crippen LogP) is 5.16. The van der Waals surface area contributed by atoms with E-state index in [4.69, 9.17) is 9.47 Å². The first-order valence-corrected chi connectivity index (χ1v) is 10.3. The molecule has 0 bridgehead atoms. The average Bonchev–Trinajstić information content (AvgIpc) is 3.10. The molecule has 0 aromatic rings. The lowest BCUT2D eigenvalue weighted by atomic mass is 9.45. The van der Waals surface area contributed by atoms with Crippen LogP contribution >= 0.6 is 0 Å². The van der Waals surface area contributed by atoms with Gasteiger partial charge in [0.1, 0.15) is 0 Å². The van der Waals surface area contributed by atoms with E-state index in [1.54, 1.807) is 0 Å². The van der Waals surface area contributed by atoms with Gasteiger partial charge in [-0.1, -0.05) is 26.7 Å². The minimum atomic E-state index is -0.196. The monoisotopic (exact) mass is 318 g/mol. The Morgan fingerprint density at radius 2 is 1.65 bits per heavy atom. The molecule has 5 rings (SSSR count). The van der Waals surface area contributed by atoms with E-state index in [0.29, 0.717) is 10.8 Å². The second-order valence-electron chi connectivity index (χ2n) is 10.1. The molecule has 4 aliphatic carbocycles. The molecule has 6 atom stereocenters. The van der Waals surface area contributed by atoms with Crippen LogP contribution in [0.15, 0.2) is 0 Å². The summed E-state index contributed by atoms with van der Waals surface area (Å²) < 4.78 is 12.3. The van der Waals surface area contributed by atoms with Gasteiger partial charge in [-0.2, -0.15) is 0 Å². The van der Waals surface area contributed by atoms with Crippen molar-refractivity contribution in [2.45, 2.75) is 83.8 Å². The molecule has 1 spiro atoms. The SMILES string of the molecule is CC12CCC3C(CC[C@H]4CCCCC34C)C1CC1(C2)OCCO1. The van der Waals surface area contributed by atoms with Crippen LogP contribution in [0.3, 0.4) is 0 Å². The lowest BCUT2D eigenvalue weighted by Crippen LogP contribution is -2.51. The molecule has 5 fully saturated rings. The van der Waals surface area contributed by atoms with Crippen molar-refractivity contribution in [3.63, 3.8) is 0 Å². The van der Waals surface area contributed by atoms with Crippen LogP contribution in [0, 0.1) is 34.5 Å². The van der Waals surface area contributed by atoms with Crippen LogP contribution in [0.2, 0.25) is 0 Å². The Labute approximate surface area is 141 Å². The van der Waals surface area contributed by atoms with Crippen LogP contribution < -0.4 is 0 Å². The van der Waals surface area contributed by atoms with E-state index in [1.807, 2.05) is 0 Å². The zero-order chi connectivity index (χ0) is 15.7. The summed E-state index contributed by atoms with van der Waals surface area (Å²) >= 11 is 0. The molecular weight excluding hydrogens is 284 g/mol. The summed E-state index contributed by atoms with van der Waals surface area (Å²) in [4.78, 5) is 0. The smallest absolute Gasteiger partial charge is 0.169 e. The fourth-order valence-corrected chi connectivity index (χ4v) is 8.05. The highest BCUT2D eigenvalue weighted by Crippen LogP contribution is 2.68. The number of hydrogen-bond acceptors (Lipinski definition) is 2. The van der Waals surface area contributed by atoms with Gasteiger partial charge < -0.3 is 9.47 Å².